The summed E-state index contributed by atoms with van der Waals surface area (Å²) in [6.07, 6.45) is 4.76. The number of carbonyl (C=O) groups is 2. The van der Waals surface area contributed by atoms with E-state index in [4.69, 9.17) is 9.47 Å². The first-order chi connectivity index (χ1) is 13.6. The Morgan fingerprint density at radius 1 is 1.14 bits per heavy atom. The Balaban J connectivity index is 1.38. The molecule has 4 rings (SSSR count). The van der Waals surface area contributed by atoms with Crippen molar-refractivity contribution in [2.45, 2.75) is 25.3 Å². The van der Waals surface area contributed by atoms with Crippen LogP contribution in [0.3, 0.4) is 0 Å². The zero-order chi connectivity index (χ0) is 19.5. The van der Waals surface area contributed by atoms with Gasteiger partial charge in [0.05, 0.1) is 11.6 Å². The molecule has 144 valence electrons. The van der Waals surface area contributed by atoms with Crippen LogP contribution in [-0.2, 0) is 20.7 Å². The Bertz CT molecular complexity index is 934. The molecule has 1 amide bonds. The molecule has 0 aromatic heterocycles. The lowest BCUT2D eigenvalue weighted by Crippen LogP contribution is -2.36. The molecule has 28 heavy (non-hydrogen) atoms. The topological polar surface area (TPSA) is 55.8 Å². The number of carbonyl (C=O) groups excluding carboxylic acids is 2. The van der Waals surface area contributed by atoms with E-state index in [9.17, 15) is 9.59 Å². The van der Waals surface area contributed by atoms with E-state index in [2.05, 4.69) is 12.1 Å². The van der Waals surface area contributed by atoms with Gasteiger partial charge in [0.25, 0.3) is 5.91 Å². The molecule has 1 heterocycles. The molecule has 0 N–H and O–H groups in total. The van der Waals surface area contributed by atoms with E-state index >= 15 is 0 Å². The van der Waals surface area contributed by atoms with Crippen LogP contribution in [0.25, 0.3) is 6.08 Å². The number of likely N-dealkylation sites (N-methyl/N-ethyl adjacent to an activating group) is 1. The van der Waals surface area contributed by atoms with Crippen LogP contribution in [-0.4, -0.2) is 37.0 Å². The number of hydrogen-bond acceptors (Lipinski definition) is 4. The van der Waals surface area contributed by atoms with Crippen LogP contribution in [0.15, 0.2) is 54.1 Å². The number of nitrogens with zero attached hydrogens (tertiary/aromatic N) is 1. The van der Waals surface area contributed by atoms with Gasteiger partial charge in [-0.05, 0) is 42.5 Å². The lowest BCUT2D eigenvalue weighted by atomic mass is 9.87. The van der Waals surface area contributed by atoms with Crippen molar-refractivity contribution in [1.82, 2.24) is 4.90 Å². The molecule has 1 atom stereocenters. The maximum atomic E-state index is 12.6. The van der Waals surface area contributed by atoms with Gasteiger partial charge < -0.3 is 14.4 Å². The average Bonchev–Trinajstić information content (AvgIpc) is 2.76. The fourth-order valence-corrected chi connectivity index (χ4v) is 3.86. The molecule has 0 radical (unpaired) electrons. The maximum absolute atomic E-state index is 12.6. The minimum atomic E-state index is -0.514. The first kappa shape index (κ1) is 18.3. The van der Waals surface area contributed by atoms with Crippen LogP contribution in [0.4, 0.5) is 0 Å². The second-order valence-corrected chi connectivity index (χ2v) is 7.18. The Morgan fingerprint density at radius 2 is 1.93 bits per heavy atom. The van der Waals surface area contributed by atoms with Gasteiger partial charge in [-0.25, -0.2) is 4.79 Å². The van der Waals surface area contributed by atoms with E-state index in [0.29, 0.717) is 5.57 Å². The minimum absolute atomic E-state index is 0.0280. The molecule has 0 fully saturated rings. The quantitative estimate of drug-likeness (QED) is 0.765. The summed E-state index contributed by atoms with van der Waals surface area (Å²) in [5, 5.41) is 0. The fourth-order valence-electron chi connectivity index (χ4n) is 3.86. The second-order valence-electron chi connectivity index (χ2n) is 7.18. The van der Waals surface area contributed by atoms with Gasteiger partial charge in [-0.15, -0.1) is 0 Å². The molecule has 2 aromatic rings. The van der Waals surface area contributed by atoms with Crippen LogP contribution in [0.2, 0.25) is 0 Å². The monoisotopic (exact) mass is 377 g/mol. The number of para-hydroxylation sites is 1. The van der Waals surface area contributed by atoms with Gasteiger partial charge in [0, 0.05) is 12.6 Å². The number of amides is 1. The molecular weight excluding hydrogens is 354 g/mol. The van der Waals surface area contributed by atoms with Crippen molar-refractivity contribution in [3.05, 3.63) is 70.8 Å². The van der Waals surface area contributed by atoms with Gasteiger partial charge in [-0.3, -0.25) is 4.79 Å². The van der Waals surface area contributed by atoms with Gasteiger partial charge in [0.1, 0.15) is 12.4 Å². The molecule has 1 aliphatic carbocycles. The lowest BCUT2D eigenvalue weighted by Gasteiger charge is -2.33. The highest BCUT2D eigenvalue weighted by atomic mass is 16.5. The number of benzene rings is 2. The van der Waals surface area contributed by atoms with Crippen LogP contribution in [0.1, 0.15) is 35.6 Å². The van der Waals surface area contributed by atoms with Gasteiger partial charge in [0.2, 0.25) is 0 Å². The van der Waals surface area contributed by atoms with Gasteiger partial charge in [-0.1, -0.05) is 42.5 Å². The predicted molar refractivity (Wildman–Crippen MR) is 106 cm³/mol. The molecular formula is C23H23NO4. The van der Waals surface area contributed by atoms with Crippen molar-refractivity contribution in [2.24, 2.45) is 0 Å². The molecule has 5 nitrogen and oxygen atoms in total. The minimum Gasteiger partial charge on any atom is -0.488 e. The summed E-state index contributed by atoms with van der Waals surface area (Å²) >= 11 is 0. The SMILES string of the molecule is CN(C(=O)COC(=O)C1=Cc2ccccc2OC1)[C@@H]1CCCc2ccccc21. The summed E-state index contributed by atoms with van der Waals surface area (Å²) in [5.41, 5.74) is 3.73. The maximum Gasteiger partial charge on any atom is 0.338 e. The van der Waals surface area contributed by atoms with Crippen molar-refractivity contribution < 1.29 is 19.1 Å². The summed E-state index contributed by atoms with van der Waals surface area (Å²) in [4.78, 5) is 26.7. The third kappa shape index (κ3) is 3.65. The summed E-state index contributed by atoms with van der Waals surface area (Å²) in [5.74, 6) is 0.0268. The van der Waals surface area contributed by atoms with Gasteiger partial charge >= 0.3 is 5.97 Å². The molecule has 5 heteroatoms. The molecule has 0 saturated carbocycles. The highest BCUT2D eigenvalue weighted by Gasteiger charge is 2.27. The predicted octanol–water partition coefficient (Wildman–Crippen LogP) is 3.54. The second kappa shape index (κ2) is 7.89. The number of fused-ring (bicyclic) bond motifs is 2. The van der Waals surface area contributed by atoms with E-state index in [0.717, 1.165) is 30.6 Å². The summed E-state index contributed by atoms with van der Waals surface area (Å²) in [7, 11) is 1.78. The molecule has 0 spiro atoms. The third-order valence-electron chi connectivity index (χ3n) is 5.42. The average molecular weight is 377 g/mol. The summed E-state index contributed by atoms with van der Waals surface area (Å²) in [6, 6.07) is 15.8. The fraction of sp³-hybridized carbons (Fsp3) is 0.304. The molecule has 2 aliphatic rings. The number of esters is 1. The van der Waals surface area contributed by atoms with E-state index in [1.165, 1.54) is 11.1 Å². The van der Waals surface area contributed by atoms with Crippen molar-refractivity contribution >= 4 is 18.0 Å². The van der Waals surface area contributed by atoms with E-state index in [1.54, 1.807) is 18.0 Å². The standard InChI is InChI=1S/C23H23NO4/c1-24(20-11-6-9-16-7-2-4-10-19(16)20)22(25)15-28-23(26)18-13-17-8-3-5-12-21(17)27-14-18/h2-5,7-8,10,12-13,20H,6,9,11,14-15H2,1H3/t20-/m1/s1. The zero-order valence-electron chi connectivity index (χ0n) is 15.9. The van der Waals surface area contributed by atoms with Gasteiger partial charge in [-0.2, -0.15) is 0 Å². The number of aryl methyl sites for hydroxylation is 1. The molecule has 0 unspecified atom stereocenters. The van der Waals surface area contributed by atoms with E-state index in [-0.39, 0.29) is 25.2 Å². The Kier molecular flexibility index (Phi) is 5.15. The Morgan fingerprint density at radius 3 is 2.82 bits per heavy atom. The largest absolute Gasteiger partial charge is 0.488 e. The molecule has 0 bridgehead atoms. The molecule has 2 aromatic carbocycles. The number of hydrogen-bond donors (Lipinski definition) is 0. The van der Waals surface area contributed by atoms with Crippen molar-refractivity contribution in [2.75, 3.05) is 20.3 Å². The number of ether oxygens (including phenoxy) is 2. The molecule has 1 aliphatic heterocycles. The Labute approximate surface area is 164 Å². The van der Waals surface area contributed by atoms with Crippen molar-refractivity contribution in [3.8, 4) is 5.75 Å². The first-order valence-corrected chi connectivity index (χ1v) is 9.56. The highest BCUT2D eigenvalue weighted by Crippen LogP contribution is 2.33. The molecule has 0 saturated heterocycles. The Hall–Kier alpha value is -3.08. The van der Waals surface area contributed by atoms with Crippen LogP contribution < -0.4 is 4.74 Å². The van der Waals surface area contributed by atoms with Crippen LogP contribution >= 0.6 is 0 Å². The first-order valence-electron chi connectivity index (χ1n) is 9.56. The van der Waals surface area contributed by atoms with Crippen LogP contribution in [0, 0.1) is 0 Å². The van der Waals surface area contributed by atoms with Crippen molar-refractivity contribution in [3.63, 3.8) is 0 Å². The summed E-state index contributed by atoms with van der Waals surface area (Å²) < 4.78 is 10.9. The van der Waals surface area contributed by atoms with E-state index in [1.807, 2.05) is 36.4 Å². The smallest absolute Gasteiger partial charge is 0.338 e. The zero-order valence-corrected chi connectivity index (χ0v) is 15.9. The van der Waals surface area contributed by atoms with Gasteiger partial charge in [0.15, 0.2) is 6.61 Å². The number of rotatable bonds is 4. The third-order valence-corrected chi connectivity index (χ3v) is 5.42. The normalized spacial score (nSPS) is 17.5. The van der Waals surface area contributed by atoms with Crippen molar-refractivity contribution in [1.29, 1.82) is 0 Å². The lowest BCUT2D eigenvalue weighted by molar-refractivity contribution is -0.149. The summed E-state index contributed by atoms with van der Waals surface area (Å²) in [6.45, 7) is -0.122. The van der Waals surface area contributed by atoms with Crippen LogP contribution in [0.5, 0.6) is 5.75 Å². The van der Waals surface area contributed by atoms with E-state index < -0.39 is 5.97 Å². The highest BCUT2D eigenvalue weighted by molar-refractivity contribution is 5.96.